The van der Waals surface area contributed by atoms with E-state index in [1.54, 1.807) is 7.11 Å². The molecule has 2 atom stereocenters. The van der Waals surface area contributed by atoms with E-state index in [-0.39, 0.29) is 5.91 Å². The minimum Gasteiger partial charge on any atom is -0.383 e. The van der Waals surface area contributed by atoms with E-state index in [0.29, 0.717) is 19.2 Å². The van der Waals surface area contributed by atoms with Gasteiger partial charge in [0, 0.05) is 19.7 Å². The van der Waals surface area contributed by atoms with Gasteiger partial charge in [-0.05, 0) is 12.3 Å². The Kier molecular flexibility index (Phi) is 4.90. The minimum absolute atomic E-state index is 0.0991. The molecule has 1 saturated carbocycles. The molecule has 4 heteroatoms. The molecule has 2 unspecified atom stereocenters. The minimum atomic E-state index is 0.0991. The second-order valence-electron chi connectivity index (χ2n) is 3.75. The van der Waals surface area contributed by atoms with E-state index in [0.717, 1.165) is 18.9 Å². The highest BCUT2D eigenvalue weighted by Gasteiger charge is 2.36. The fourth-order valence-electron chi connectivity index (χ4n) is 1.51. The molecule has 0 heterocycles. The number of carbonyl (C=O) groups excluding carboxylic acids is 1. The first-order valence-corrected chi connectivity index (χ1v) is 5.27. The fourth-order valence-corrected chi connectivity index (χ4v) is 1.51. The molecule has 0 aromatic rings. The Morgan fingerprint density at radius 2 is 2.36 bits per heavy atom. The lowest BCUT2D eigenvalue weighted by molar-refractivity contribution is -0.120. The fraction of sp³-hybridized carbons (Fsp3) is 0.900. The van der Waals surface area contributed by atoms with Crippen LogP contribution in [0.2, 0.25) is 0 Å². The molecular weight excluding hydrogens is 180 g/mol. The van der Waals surface area contributed by atoms with Crippen LogP contribution in [0, 0.1) is 5.92 Å². The maximum absolute atomic E-state index is 11.3. The summed E-state index contributed by atoms with van der Waals surface area (Å²) in [4.78, 5) is 11.3. The number of carbonyl (C=O) groups is 1. The van der Waals surface area contributed by atoms with E-state index in [4.69, 9.17) is 4.74 Å². The first-order chi connectivity index (χ1) is 6.77. The summed E-state index contributed by atoms with van der Waals surface area (Å²) >= 11 is 0. The predicted molar refractivity (Wildman–Crippen MR) is 55.1 cm³/mol. The summed E-state index contributed by atoms with van der Waals surface area (Å²) in [6.45, 7) is 3.93. The predicted octanol–water partition coefficient (Wildman–Crippen LogP) is 0.137. The van der Waals surface area contributed by atoms with Crippen molar-refractivity contribution in [2.45, 2.75) is 25.8 Å². The lowest BCUT2D eigenvalue weighted by Gasteiger charge is -2.05. The van der Waals surface area contributed by atoms with E-state index < -0.39 is 0 Å². The molecule has 0 spiro atoms. The third-order valence-electron chi connectivity index (χ3n) is 2.56. The second kappa shape index (κ2) is 5.98. The average Bonchev–Trinajstić information content (AvgIpc) is 2.91. The van der Waals surface area contributed by atoms with Crippen LogP contribution in [0.5, 0.6) is 0 Å². The molecule has 0 aromatic heterocycles. The molecule has 0 bridgehead atoms. The number of hydrogen-bond acceptors (Lipinski definition) is 3. The quantitative estimate of drug-likeness (QED) is 0.575. The first-order valence-electron chi connectivity index (χ1n) is 5.27. The topological polar surface area (TPSA) is 50.4 Å². The van der Waals surface area contributed by atoms with Crippen LogP contribution in [0.1, 0.15) is 19.8 Å². The van der Waals surface area contributed by atoms with E-state index in [9.17, 15) is 4.79 Å². The van der Waals surface area contributed by atoms with Gasteiger partial charge in [0.15, 0.2) is 0 Å². The molecule has 1 amide bonds. The van der Waals surface area contributed by atoms with Crippen molar-refractivity contribution >= 4 is 5.91 Å². The molecule has 0 aromatic carbocycles. The summed E-state index contributed by atoms with van der Waals surface area (Å²) in [6, 6.07) is 0.441. The van der Waals surface area contributed by atoms with Gasteiger partial charge < -0.3 is 15.4 Å². The van der Waals surface area contributed by atoms with Crippen LogP contribution in [-0.2, 0) is 9.53 Å². The third kappa shape index (κ3) is 4.07. The highest BCUT2D eigenvalue weighted by Crippen LogP contribution is 2.32. The molecular formula is C10H20N2O2. The highest BCUT2D eigenvalue weighted by atomic mass is 16.5. The second-order valence-corrected chi connectivity index (χ2v) is 3.75. The SMILES string of the molecule is CCC1CC1NC(=O)CNCCOC. The van der Waals surface area contributed by atoms with Crippen LogP contribution in [-0.4, -0.2) is 38.8 Å². The standard InChI is InChI=1S/C10H20N2O2/c1-3-8-6-9(8)12-10(13)7-11-4-5-14-2/h8-9,11H,3-7H2,1-2H3,(H,12,13). The Balaban J connectivity index is 1.95. The van der Waals surface area contributed by atoms with Crippen molar-refractivity contribution in [3.63, 3.8) is 0 Å². The summed E-state index contributed by atoms with van der Waals surface area (Å²) in [5, 5.41) is 6.00. The number of ether oxygens (including phenoxy) is 1. The summed E-state index contributed by atoms with van der Waals surface area (Å²) in [7, 11) is 1.65. The Labute approximate surface area is 85.4 Å². The van der Waals surface area contributed by atoms with Crippen LogP contribution in [0.25, 0.3) is 0 Å². The Hall–Kier alpha value is -0.610. The summed E-state index contributed by atoms with van der Waals surface area (Å²) in [5.74, 6) is 0.819. The monoisotopic (exact) mass is 200 g/mol. The molecule has 0 radical (unpaired) electrons. The first kappa shape index (κ1) is 11.5. The molecule has 0 saturated heterocycles. The number of rotatable bonds is 7. The van der Waals surface area contributed by atoms with Crippen molar-refractivity contribution in [3.8, 4) is 0 Å². The van der Waals surface area contributed by atoms with E-state index in [1.807, 2.05) is 0 Å². The maximum Gasteiger partial charge on any atom is 0.234 e. The molecule has 4 nitrogen and oxygen atoms in total. The summed E-state index contributed by atoms with van der Waals surface area (Å²) in [5.41, 5.74) is 0. The summed E-state index contributed by atoms with van der Waals surface area (Å²) < 4.78 is 4.86. The lowest BCUT2D eigenvalue weighted by atomic mass is 10.3. The van der Waals surface area contributed by atoms with Gasteiger partial charge in [-0.15, -0.1) is 0 Å². The zero-order chi connectivity index (χ0) is 10.4. The molecule has 14 heavy (non-hydrogen) atoms. The van der Waals surface area contributed by atoms with Crippen LogP contribution < -0.4 is 10.6 Å². The zero-order valence-corrected chi connectivity index (χ0v) is 9.01. The van der Waals surface area contributed by atoms with Crippen molar-refractivity contribution in [2.75, 3.05) is 26.8 Å². The van der Waals surface area contributed by atoms with E-state index >= 15 is 0 Å². The number of amides is 1. The van der Waals surface area contributed by atoms with Crippen LogP contribution in [0.3, 0.4) is 0 Å². The van der Waals surface area contributed by atoms with Gasteiger partial charge in [-0.2, -0.15) is 0 Å². The number of nitrogens with one attached hydrogen (secondary N) is 2. The van der Waals surface area contributed by atoms with Gasteiger partial charge in [-0.1, -0.05) is 13.3 Å². The van der Waals surface area contributed by atoms with Crippen LogP contribution in [0.15, 0.2) is 0 Å². The zero-order valence-electron chi connectivity index (χ0n) is 9.01. The third-order valence-corrected chi connectivity index (χ3v) is 2.56. The molecule has 1 fully saturated rings. The maximum atomic E-state index is 11.3. The van der Waals surface area contributed by atoms with Crippen molar-refractivity contribution in [1.82, 2.24) is 10.6 Å². The smallest absolute Gasteiger partial charge is 0.234 e. The highest BCUT2D eigenvalue weighted by molar-refractivity contribution is 5.78. The molecule has 1 aliphatic rings. The normalized spacial score (nSPS) is 24.7. The van der Waals surface area contributed by atoms with Gasteiger partial charge in [0.1, 0.15) is 0 Å². The molecule has 2 N–H and O–H groups in total. The molecule has 82 valence electrons. The van der Waals surface area contributed by atoms with Crippen molar-refractivity contribution in [2.24, 2.45) is 5.92 Å². The van der Waals surface area contributed by atoms with E-state index in [1.165, 1.54) is 6.42 Å². The molecule has 1 aliphatic carbocycles. The van der Waals surface area contributed by atoms with Gasteiger partial charge >= 0.3 is 0 Å². The van der Waals surface area contributed by atoms with Crippen LogP contribution in [0.4, 0.5) is 0 Å². The number of hydrogen-bond donors (Lipinski definition) is 2. The van der Waals surface area contributed by atoms with Crippen molar-refractivity contribution in [3.05, 3.63) is 0 Å². The Morgan fingerprint density at radius 1 is 1.57 bits per heavy atom. The lowest BCUT2D eigenvalue weighted by Crippen LogP contribution is -2.36. The molecule has 1 rings (SSSR count). The van der Waals surface area contributed by atoms with Crippen LogP contribution >= 0.6 is 0 Å². The Bertz CT molecular complexity index is 185. The largest absolute Gasteiger partial charge is 0.383 e. The van der Waals surface area contributed by atoms with Gasteiger partial charge in [0.05, 0.1) is 13.2 Å². The van der Waals surface area contributed by atoms with Crippen molar-refractivity contribution in [1.29, 1.82) is 0 Å². The van der Waals surface area contributed by atoms with Gasteiger partial charge in [-0.25, -0.2) is 0 Å². The number of methoxy groups -OCH3 is 1. The van der Waals surface area contributed by atoms with Gasteiger partial charge in [0.25, 0.3) is 0 Å². The summed E-state index contributed by atoms with van der Waals surface area (Å²) in [6.07, 6.45) is 2.32. The van der Waals surface area contributed by atoms with Crippen molar-refractivity contribution < 1.29 is 9.53 Å². The van der Waals surface area contributed by atoms with E-state index in [2.05, 4.69) is 17.6 Å². The Morgan fingerprint density at radius 3 is 2.93 bits per heavy atom. The van der Waals surface area contributed by atoms with Gasteiger partial charge in [0.2, 0.25) is 5.91 Å². The average molecular weight is 200 g/mol. The van der Waals surface area contributed by atoms with Gasteiger partial charge in [-0.3, -0.25) is 4.79 Å². The molecule has 0 aliphatic heterocycles.